The molecule has 2 nitrogen and oxygen atoms in total. The summed E-state index contributed by atoms with van der Waals surface area (Å²) in [6.07, 6.45) is -4.53. The van der Waals surface area contributed by atoms with E-state index < -0.39 is 23.6 Å². The Bertz CT molecular complexity index is 596. The number of hydrazine groups is 1. The van der Waals surface area contributed by atoms with E-state index in [4.69, 9.17) is 5.84 Å². The van der Waals surface area contributed by atoms with Crippen LogP contribution in [0, 0.1) is 5.82 Å². The first-order valence-electron chi connectivity index (χ1n) is 5.82. The van der Waals surface area contributed by atoms with E-state index in [0.717, 1.165) is 6.07 Å². The molecule has 0 saturated heterocycles. The van der Waals surface area contributed by atoms with Gasteiger partial charge in [-0.1, -0.05) is 36.4 Å². The second-order valence-corrected chi connectivity index (χ2v) is 4.21. The predicted octanol–water partition coefficient (Wildman–Crippen LogP) is 3.40. The first-order chi connectivity index (χ1) is 9.45. The SMILES string of the molecule is NNC(c1ccccc1F)c1ccccc1C(F)(F)F. The van der Waals surface area contributed by atoms with E-state index in [9.17, 15) is 17.6 Å². The van der Waals surface area contributed by atoms with E-state index in [1.807, 2.05) is 0 Å². The number of benzene rings is 2. The third kappa shape index (κ3) is 2.81. The Morgan fingerprint density at radius 2 is 1.45 bits per heavy atom. The Hall–Kier alpha value is -1.92. The molecular formula is C14H12F4N2. The van der Waals surface area contributed by atoms with Crippen molar-refractivity contribution in [3.8, 4) is 0 Å². The molecule has 106 valence electrons. The van der Waals surface area contributed by atoms with Crippen LogP contribution in [0.3, 0.4) is 0 Å². The van der Waals surface area contributed by atoms with E-state index in [1.165, 1.54) is 36.4 Å². The molecule has 0 fully saturated rings. The standard InChI is InChI=1S/C14H12F4N2/c15-12-8-4-2-6-10(12)13(20-19)9-5-1-3-7-11(9)14(16,17)18/h1-8,13,20H,19H2. The predicted molar refractivity (Wildman–Crippen MR) is 67.0 cm³/mol. The number of halogens is 4. The van der Waals surface area contributed by atoms with Crippen molar-refractivity contribution in [2.24, 2.45) is 5.84 Å². The van der Waals surface area contributed by atoms with Gasteiger partial charge < -0.3 is 0 Å². The van der Waals surface area contributed by atoms with Crippen LogP contribution in [0.2, 0.25) is 0 Å². The number of alkyl halides is 3. The van der Waals surface area contributed by atoms with Crippen LogP contribution in [0.15, 0.2) is 48.5 Å². The van der Waals surface area contributed by atoms with Crippen LogP contribution in [0.4, 0.5) is 17.6 Å². The van der Waals surface area contributed by atoms with E-state index in [0.29, 0.717) is 0 Å². The minimum atomic E-state index is -4.53. The fourth-order valence-electron chi connectivity index (χ4n) is 2.06. The summed E-state index contributed by atoms with van der Waals surface area (Å²) < 4.78 is 52.8. The lowest BCUT2D eigenvalue weighted by atomic mass is 9.94. The molecule has 0 heterocycles. The lowest BCUT2D eigenvalue weighted by molar-refractivity contribution is -0.138. The molecule has 0 spiro atoms. The summed E-state index contributed by atoms with van der Waals surface area (Å²) in [5, 5.41) is 0. The highest BCUT2D eigenvalue weighted by Gasteiger charge is 2.35. The van der Waals surface area contributed by atoms with Gasteiger partial charge in [0, 0.05) is 5.56 Å². The van der Waals surface area contributed by atoms with Crippen molar-refractivity contribution in [1.82, 2.24) is 5.43 Å². The highest BCUT2D eigenvalue weighted by atomic mass is 19.4. The molecule has 0 bridgehead atoms. The van der Waals surface area contributed by atoms with Gasteiger partial charge in [0.25, 0.3) is 0 Å². The van der Waals surface area contributed by atoms with Crippen molar-refractivity contribution in [2.75, 3.05) is 0 Å². The molecule has 2 aromatic carbocycles. The third-order valence-corrected chi connectivity index (χ3v) is 2.96. The van der Waals surface area contributed by atoms with Gasteiger partial charge in [-0.15, -0.1) is 0 Å². The molecule has 0 saturated carbocycles. The quantitative estimate of drug-likeness (QED) is 0.515. The summed E-state index contributed by atoms with van der Waals surface area (Å²) >= 11 is 0. The van der Waals surface area contributed by atoms with E-state index >= 15 is 0 Å². The normalized spacial score (nSPS) is 13.2. The first kappa shape index (κ1) is 14.5. The van der Waals surface area contributed by atoms with Crippen LogP contribution >= 0.6 is 0 Å². The number of hydrogen-bond donors (Lipinski definition) is 2. The molecule has 0 aromatic heterocycles. The number of rotatable bonds is 3. The molecule has 0 radical (unpaired) electrons. The van der Waals surface area contributed by atoms with Crippen LogP contribution in [0.5, 0.6) is 0 Å². The zero-order valence-corrected chi connectivity index (χ0v) is 10.3. The van der Waals surface area contributed by atoms with Crippen molar-refractivity contribution in [3.63, 3.8) is 0 Å². The van der Waals surface area contributed by atoms with Gasteiger partial charge in [-0.2, -0.15) is 13.2 Å². The van der Waals surface area contributed by atoms with Crippen LogP contribution in [0.25, 0.3) is 0 Å². The van der Waals surface area contributed by atoms with E-state index in [2.05, 4.69) is 5.43 Å². The van der Waals surface area contributed by atoms with Crippen LogP contribution in [-0.2, 0) is 6.18 Å². The van der Waals surface area contributed by atoms with Gasteiger partial charge in [0.05, 0.1) is 11.6 Å². The molecule has 0 amide bonds. The largest absolute Gasteiger partial charge is 0.416 e. The highest BCUT2D eigenvalue weighted by Crippen LogP contribution is 2.36. The van der Waals surface area contributed by atoms with Crippen LogP contribution < -0.4 is 11.3 Å². The maximum atomic E-state index is 13.8. The van der Waals surface area contributed by atoms with Crippen molar-refractivity contribution in [1.29, 1.82) is 0 Å². The highest BCUT2D eigenvalue weighted by molar-refractivity contribution is 5.39. The lowest BCUT2D eigenvalue weighted by Gasteiger charge is -2.21. The summed E-state index contributed by atoms with van der Waals surface area (Å²) in [4.78, 5) is 0. The Morgan fingerprint density at radius 3 is 2.00 bits per heavy atom. The second-order valence-electron chi connectivity index (χ2n) is 4.21. The zero-order chi connectivity index (χ0) is 14.8. The zero-order valence-electron chi connectivity index (χ0n) is 10.3. The monoisotopic (exact) mass is 284 g/mol. The summed E-state index contributed by atoms with van der Waals surface area (Å²) in [7, 11) is 0. The van der Waals surface area contributed by atoms with Gasteiger partial charge in [0.15, 0.2) is 0 Å². The topological polar surface area (TPSA) is 38.0 Å². The molecular weight excluding hydrogens is 272 g/mol. The van der Waals surface area contributed by atoms with E-state index in [-0.39, 0.29) is 11.1 Å². The fourth-order valence-corrected chi connectivity index (χ4v) is 2.06. The molecule has 0 aliphatic rings. The summed E-state index contributed by atoms with van der Waals surface area (Å²) in [5.41, 5.74) is 1.35. The molecule has 0 aliphatic heterocycles. The summed E-state index contributed by atoms with van der Waals surface area (Å²) in [6, 6.07) is 9.45. The number of nitrogens with two attached hydrogens (primary N) is 1. The van der Waals surface area contributed by atoms with Crippen LogP contribution in [0.1, 0.15) is 22.7 Å². The maximum absolute atomic E-state index is 13.8. The Labute approximate surface area is 113 Å². The second kappa shape index (κ2) is 5.60. The maximum Gasteiger partial charge on any atom is 0.416 e. The van der Waals surface area contributed by atoms with Crippen molar-refractivity contribution < 1.29 is 17.6 Å². The molecule has 3 N–H and O–H groups in total. The molecule has 0 aliphatic carbocycles. The lowest BCUT2D eigenvalue weighted by Crippen LogP contribution is -2.31. The van der Waals surface area contributed by atoms with Crippen molar-refractivity contribution in [3.05, 3.63) is 71.0 Å². The van der Waals surface area contributed by atoms with Crippen LogP contribution in [-0.4, -0.2) is 0 Å². The Kier molecular flexibility index (Phi) is 4.06. The van der Waals surface area contributed by atoms with Gasteiger partial charge >= 0.3 is 6.18 Å². The minimum absolute atomic E-state index is 0.0618. The molecule has 2 rings (SSSR count). The van der Waals surface area contributed by atoms with Gasteiger partial charge in [0.1, 0.15) is 5.82 Å². The number of hydrogen-bond acceptors (Lipinski definition) is 2. The van der Waals surface area contributed by atoms with Crippen molar-refractivity contribution >= 4 is 0 Å². The van der Waals surface area contributed by atoms with Gasteiger partial charge in [-0.05, 0) is 17.7 Å². The van der Waals surface area contributed by atoms with Crippen molar-refractivity contribution in [2.45, 2.75) is 12.2 Å². The Morgan fingerprint density at radius 1 is 0.900 bits per heavy atom. The average molecular weight is 284 g/mol. The average Bonchev–Trinajstić information content (AvgIpc) is 2.41. The van der Waals surface area contributed by atoms with E-state index in [1.54, 1.807) is 6.07 Å². The first-order valence-corrected chi connectivity index (χ1v) is 5.82. The van der Waals surface area contributed by atoms with Gasteiger partial charge in [-0.3, -0.25) is 5.84 Å². The molecule has 20 heavy (non-hydrogen) atoms. The number of nitrogens with one attached hydrogen (secondary N) is 1. The summed E-state index contributed by atoms with van der Waals surface area (Å²) in [6.45, 7) is 0. The molecule has 6 heteroatoms. The fraction of sp³-hybridized carbons (Fsp3) is 0.143. The molecule has 1 unspecified atom stereocenters. The minimum Gasteiger partial charge on any atom is -0.271 e. The smallest absolute Gasteiger partial charge is 0.271 e. The molecule has 2 aromatic rings. The van der Waals surface area contributed by atoms with Gasteiger partial charge in [-0.25, -0.2) is 9.82 Å². The molecule has 1 atom stereocenters. The third-order valence-electron chi connectivity index (χ3n) is 2.96. The van der Waals surface area contributed by atoms with Gasteiger partial charge in [0.2, 0.25) is 0 Å². The Balaban J connectivity index is 2.57. The summed E-state index contributed by atoms with van der Waals surface area (Å²) in [5.74, 6) is 4.72.